The number of rotatable bonds is 5. The predicted molar refractivity (Wildman–Crippen MR) is 51.5 cm³/mol. The molecular weight excluding hydrogens is 168 g/mol. The highest BCUT2D eigenvalue weighted by Gasteiger charge is 2.03. The monoisotopic (exact) mass is 184 g/mol. The Morgan fingerprint density at radius 2 is 2.54 bits per heavy atom. The quantitative estimate of drug-likeness (QED) is 0.665. The van der Waals surface area contributed by atoms with Gasteiger partial charge in [-0.05, 0) is 0 Å². The zero-order valence-electron chi connectivity index (χ0n) is 8.03. The van der Waals surface area contributed by atoms with Gasteiger partial charge in [0, 0.05) is 33.4 Å². The van der Waals surface area contributed by atoms with Crippen LogP contribution in [0.2, 0.25) is 0 Å². The summed E-state index contributed by atoms with van der Waals surface area (Å²) in [5, 5.41) is 7.21. The minimum atomic E-state index is 0.0557. The fraction of sp³-hybridized carbons (Fsp3) is 0.625. The Morgan fingerprint density at radius 3 is 3.00 bits per heavy atom. The van der Waals surface area contributed by atoms with Gasteiger partial charge in [-0.25, -0.2) is 0 Å². The van der Waals surface area contributed by atoms with E-state index in [9.17, 15) is 0 Å². The molecule has 5 heteroatoms. The number of nitrogens with zero attached hydrogens (tertiary/aromatic N) is 2. The Hall–Kier alpha value is -1.07. The molecular formula is C8H16N4O. The molecule has 1 atom stereocenters. The lowest BCUT2D eigenvalue weighted by Gasteiger charge is -2.13. The average molecular weight is 184 g/mol. The first kappa shape index (κ1) is 10.0. The molecule has 1 aromatic rings. The summed E-state index contributed by atoms with van der Waals surface area (Å²) in [5.74, 6) is 0. The van der Waals surface area contributed by atoms with Gasteiger partial charge in [0.1, 0.15) is 0 Å². The lowest BCUT2D eigenvalue weighted by atomic mass is 10.3. The smallest absolute Gasteiger partial charge is 0.0865 e. The van der Waals surface area contributed by atoms with E-state index in [1.54, 1.807) is 18.0 Å². The van der Waals surface area contributed by atoms with E-state index in [0.29, 0.717) is 13.1 Å². The fourth-order valence-corrected chi connectivity index (χ4v) is 1.01. The summed E-state index contributed by atoms with van der Waals surface area (Å²) >= 11 is 0. The molecule has 3 N–H and O–H groups in total. The highest BCUT2D eigenvalue weighted by molar-refractivity contribution is 5.37. The molecule has 0 spiro atoms. The molecule has 0 saturated carbocycles. The van der Waals surface area contributed by atoms with Gasteiger partial charge in [-0.15, -0.1) is 0 Å². The summed E-state index contributed by atoms with van der Waals surface area (Å²) in [4.78, 5) is 0. The molecule has 0 aliphatic heterocycles. The summed E-state index contributed by atoms with van der Waals surface area (Å²) in [6, 6.07) is 0. The number of nitrogens with two attached hydrogens (primary N) is 1. The molecule has 13 heavy (non-hydrogen) atoms. The number of anilines is 1. The number of ether oxygens (including phenoxy) is 1. The SMILES string of the molecule is COC(CN)CNc1cnn(C)c1. The van der Waals surface area contributed by atoms with Crippen LogP contribution in [-0.2, 0) is 11.8 Å². The van der Waals surface area contributed by atoms with Crippen molar-refractivity contribution in [1.82, 2.24) is 9.78 Å². The van der Waals surface area contributed by atoms with E-state index in [2.05, 4.69) is 10.4 Å². The van der Waals surface area contributed by atoms with Crippen molar-refractivity contribution in [3.63, 3.8) is 0 Å². The Morgan fingerprint density at radius 1 is 1.77 bits per heavy atom. The second-order valence-electron chi connectivity index (χ2n) is 2.88. The summed E-state index contributed by atoms with van der Waals surface area (Å²) in [6.45, 7) is 1.22. The van der Waals surface area contributed by atoms with Crippen LogP contribution in [0.1, 0.15) is 0 Å². The number of methoxy groups -OCH3 is 1. The molecule has 5 nitrogen and oxygen atoms in total. The molecule has 0 bridgehead atoms. The minimum Gasteiger partial charge on any atom is -0.380 e. The van der Waals surface area contributed by atoms with Crippen molar-refractivity contribution in [2.24, 2.45) is 12.8 Å². The van der Waals surface area contributed by atoms with E-state index >= 15 is 0 Å². The first-order valence-electron chi connectivity index (χ1n) is 4.21. The van der Waals surface area contributed by atoms with Gasteiger partial charge in [-0.2, -0.15) is 5.10 Å². The third-order valence-corrected chi connectivity index (χ3v) is 1.83. The number of aryl methyl sites for hydroxylation is 1. The summed E-state index contributed by atoms with van der Waals surface area (Å²) < 4.78 is 6.86. The lowest BCUT2D eigenvalue weighted by molar-refractivity contribution is 0.120. The van der Waals surface area contributed by atoms with Crippen LogP contribution in [0.4, 0.5) is 5.69 Å². The Labute approximate surface area is 77.9 Å². The van der Waals surface area contributed by atoms with Crippen LogP contribution < -0.4 is 11.1 Å². The third-order valence-electron chi connectivity index (χ3n) is 1.83. The first-order chi connectivity index (χ1) is 6.26. The summed E-state index contributed by atoms with van der Waals surface area (Å²) in [6.07, 6.45) is 3.73. The van der Waals surface area contributed by atoms with Crippen molar-refractivity contribution in [3.8, 4) is 0 Å². The van der Waals surface area contributed by atoms with Crippen molar-refractivity contribution in [3.05, 3.63) is 12.4 Å². The van der Waals surface area contributed by atoms with Crippen LogP contribution in [0.15, 0.2) is 12.4 Å². The summed E-state index contributed by atoms with van der Waals surface area (Å²) in [7, 11) is 3.53. The van der Waals surface area contributed by atoms with Gasteiger partial charge < -0.3 is 15.8 Å². The van der Waals surface area contributed by atoms with E-state index in [-0.39, 0.29) is 6.10 Å². The van der Waals surface area contributed by atoms with Crippen molar-refractivity contribution in [2.45, 2.75) is 6.10 Å². The molecule has 0 saturated heterocycles. The molecule has 1 unspecified atom stereocenters. The predicted octanol–water partition coefficient (Wildman–Crippen LogP) is -0.194. The normalized spacial score (nSPS) is 12.8. The number of aromatic nitrogens is 2. The van der Waals surface area contributed by atoms with Crippen molar-refractivity contribution >= 4 is 5.69 Å². The number of nitrogens with one attached hydrogen (secondary N) is 1. The molecule has 0 fully saturated rings. The maximum atomic E-state index is 5.47. The molecule has 0 amide bonds. The van der Waals surface area contributed by atoms with E-state index < -0.39 is 0 Å². The third kappa shape index (κ3) is 3.04. The van der Waals surface area contributed by atoms with Crippen LogP contribution in [0.5, 0.6) is 0 Å². The zero-order valence-corrected chi connectivity index (χ0v) is 8.03. The van der Waals surface area contributed by atoms with Crippen LogP contribution in [0, 0.1) is 0 Å². The Bertz CT molecular complexity index is 244. The van der Waals surface area contributed by atoms with Crippen molar-refractivity contribution in [1.29, 1.82) is 0 Å². The van der Waals surface area contributed by atoms with Crippen molar-refractivity contribution < 1.29 is 4.74 Å². The zero-order chi connectivity index (χ0) is 9.68. The van der Waals surface area contributed by atoms with E-state index in [1.807, 2.05) is 13.2 Å². The van der Waals surface area contributed by atoms with Gasteiger partial charge in [0.25, 0.3) is 0 Å². The number of hydrogen-bond acceptors (Lipinski definition) is 4. The molecule has 1 aromatic heterocycles. The van der Waals surface area contributed by atoms with Crippen molar-refractivity contribution in [2.75, 3.05) is 25.5 Å². The van der Waals surface area contributed by atoms with Gasteiger partial charge in [0.2, 0.25) is 0 Å². The maximum absolute atomic E-state index is 5.47. The molecule has 0 aliphatic rings. The van der Waals surface area contributed by atoms with E-state index in [0.717, 1.165) is 5.69 Å². The standard InChI is InChI=1S/C8H16N4O/c1-12-6-7(4-11-12)10-5-8(3-9)13-2/h4,6,8,10H,3,5,9H2,1-2H3. The molecule has 0 radical (unpaired) electrons. The second kappa shape index (κ2) is 4.84. The van der Waals surface area contributed by atoms with E-state index in [4.69, 9.17) is 10.5 Å². The van der Waals surface area contributed by atoms with Crippen LogP contribution >= 0.6 is 0 Å². The average Bonchev–Trinajstić information content (AvgIpc) is 2.53. The van der Waals surface area contributed by atoms with E-state index in [1.165, 1.54) is 0 Å². The largest absolute Gasteiger partial charge is 0.380 e. The second-order valence-corrected chi connectivity index (χ2v) is 2.88. The van der Waals surface area contributed by atoms with Gasteiger partial charge >= 0.3 is 0 Å². The molecule has 1 heterocycles. The summed E-state index contributed by atoms with van der Waals surface area (Å²) in [5.41, 5.74) is 6.45. The number of hydrogen-bond donors (Lipinski definition) is 2. The first-order valence-corrected chi connectivity index (χ1v) is 4.21. The molecule has 0 aromatic carbocycles. The lowest BCUT2D eigenvalue weighted by Crippen LogP contribution is -2.29. The molecule has 0 aliphatic carbocycles. The van der Waals surface area contributed by atoms with Gasteiger partial charge in [0.15, 0.2) is 0 Å². The topological polar surface area (TPSA) is 65.1 Å². The Balaban J connectivity index is 2.33. The van der Waals surface area contributed by atoms with Crippen LogP contribution in [-0.4, -0.2) is 36.1 Å². The Kier molecular flexibility index (Phi) is 3.72. The van der Waals surface area contributed by atoms with Gasteiger partial charge in [0.05, 0.1) is 18.0 Å². The highest BCUT2D eigenvalue weighted by Crippen LogP contribution is 2.03. The van der Waals surface area contributed by atoms with Crippen LogP contribution in [0.3, 0.4) is 0 Å². The van der Waals surface area contributed by atoms with Crippen LogP contribution in [0.25, 0.3) is 0 Å². The minimum absolute atomic E-state index is 0.0557. The maximum Gasteiger partial charge on any atom is 0.0865 e. The fourth-order valence-electron chi connectivity index (χ4n) is 1.01. The van der Waals surface area contributed by atoms with Gasteiger partial charge in [-0.3, -0.25) is 4.68 Å². The highest BCUT2D eigenvalue weighted by atomic mass is 16.5. The molecule has 74 valence electrons. The molecule has 1 rings (SSSR count). The van der Waals surface area contributed by atoms with Gasteiger partial charge in [-0.1, -0.05) is 0 Å².